The fourth-order valence-electron chi connectivity index (χ4n) is 4.27. The van der Waals surface area contributed by atoms with Crippen molar-refractivity contribution in [2.45, 2.75) is 63.8 Å². The summed E-state index contributed by atoms with van der Waals surface area (Å²) in [6, 6.07) is 5.69. The van der Waals surface area contributed by atoms with Gasteiger partial charge in [-0.05, 0) is 65.5 Å². The summed E-state index contributed by atoms with van der Waals surface area (Å²) in [4.78, 5) is 0. The van der Waals surface area contributed by atoms with Crippen molar-refractivity contribution in [1.29, 1.82) is 0 Å². The number of anilines is 1. The van der Waals surface area contributed by atoms with E-state index >= 15 is 0 Å². The first-order chi connectivity index (χ1) is 10.2. The predicted molar refractivity (Wildman–Crippen MR) is 95.1 cm³/mol. The van der Waals surface area contributed by atoms with Gasteiger partial charge in [-0.1, -0.05) is 44.9 Å². The lowest BCUT2D eigenvalue weighted by Crippen LogP contribution is -2.37. The van der Waals surface area contributed by atoms with Gasteiger partial charge in [0.05, 0.1) is 0 Å². The van der Waals surface area contributed by atoms with Gasteiger partial charge >= 0.3 is 0 Å². The van der Waals surface area contributed by atoms with E-state index in [1.165, 1.54) is 57.8 Å². The number of rotatable bonds is 3. The fourth-order valence-corrected chi connectivity index (χ4v) is 4.90. The van der Waals surface area contributed by atoms with Gasteiger partial charge in [-0.3, -0.25) is 0 Å². The molecular formula is C18H25FIN. The molecule has 0 radical (unpaired) electrons. The first-order valence-corrected chi connectivity index (χ1v) is 9.53. The van der Waals surface area contributed by atoms with Crippen molar-refractivity contribution in [1.82, 2.24) is 0 Å². The molecule has 2 unspecified atom stereocenters. The van der Waals surface area contributed by atoms with Crippen LogP contribution in [-0.2, 0) is 0 Å². The molecular weight excluding hydrogens is 376 g/mol. The Morgan fingerprint density at radius 3 is 2.43 bits per heavy atom. The Hall–Kier alpha value is -0.320. The van der Waals surface area contributed by atoms with Gasteiger partial charge in [0, 0.05) is 15.3 Å². The standard InChI is InChI=1S/C18H25FIN/c19-14-10-11-18(16(20)12-14)21-17-9-5-4-8-15(17)13-6-2-1-3-7-13/h10-13,15,17,21H,1-9H2. The van der Waals surface area contributed by atoms with Crippen molar-refractivity contribution < 1.29 is 4.39 Å². The molecule has 0 aliphatic heterocycles. The van der Waals surface area contributed by atoms with Crippen LogP contribution < -0.4 is 5.32 Å². The molecule has 116 valence electrons. The quantitative estimate of drug-likeness (QED) is 0.615. The van der Waals surface area contributed by atoms with E-state index in [-0.39, 0.29) is 5.82 Å². The Morgan fingerprint density at radius 1 is 0.952 bits per heavy atom. The highest BCUT2D eigenvalue weighted by Gasteiger charge is 2.32. The first kappa shape index (κ1) is 15.6. The van der Waals surface area contributed by atoms with Gasteiger partial charge in [0.15, 0.2) is 0 Å². The summed E-state index contributed by atoms with van der Waals surface area (Å²) in [5.74, 6) is 1.59. The molecule has 2 aliphatic rings. The van der Waals surface area contributed by atoms with Crippen LogP contribution in [-0.4, -0.2) is 6.04 Å². The maximum Gasteiger partial charge on any atom is 0.124 e. The zero-order valence-electron chi connectivity index (χ0n) is 12.6. The van der Waals surface area contributed by atoms with E-state index in [9.17, 15) is 4.39 Å². The largest absolute Gasteiger partial charge is 0.381 e. The zero-order chi connectivity index (χ0) is 14.7. The molecule has 1 aromatic rings. The van der Waals surface area contributed by atoms with Gasteiger partial charge in [0.25, 0.3) is 0 Å². The second kappa shape index (κ2) is 7.30. The van der Waals surface area contributed by atoms with Crippen molar-refractivity contribution in [2.24, 2.45) is 11.8 Å². The van der Waals surface area contributed by atoms with E-state index in [1.54, 1.807) is 12.1 Å². The number of hydrogen-bond acceptors (Lipinski definition) is 1. The monoisotopic (exact) mass is 401 g/mol. The molecule has 0 amide bonds. The van der Waals surface area contributed by atoms with Gasteiger partial charge in [0.1, 0.15) is 5.82 Å². The summed E-state index contributed by atoms with van der Waals surface area (Å²) >= 11 is 2.24. The molecule has 0 bridgehead atoms. The van der Waals surface area contributed by atoms with E-state index in [0.29, 0.717) is 6.04 Å². The molecule has 0 spiro atoms. The molecule has 3 rings (SSSR count). The molecule has 2 atom stereocenters. The lowest BCUT2D eigenvalue weighted by Gasteiger charge is -2.40. The average molecular weight is 401 g/mol. The topological polar surface area (TPSA) is 12.0 Å². The third-order valence-electron chi connectivity index (χ3n) is 5.35. The molecule has 0 heterocycles. The average Bonchev–Trinajstić information content (AvgIpc) is 2.51. The molecule has 2 fully saturated rings. The summed E-state index contributed by atoms with van der Waals surface area (Å²) in [6.45, 7) is 0. The molecule has 3 heteroatoms. The van der Waals surface area contributed by atoms with Crippen LogP contribution in [0, 0.1) is 21.2 Å². The van der Waals surface area contributed by atoms with Crippen molar-refractivity contribution in [3.63, 3.8) is 0 Å². The highest BCUT2D eigenvalue weighted by molar-refractivity contribution is 14.1. The molecule has 2 aliphatic carbocycles. The fraction of sp³-hybridized carbons (Fsp3) is 0.667. The Morgan fingerprint density at radius 2 is 1.67 bits per heavy atom. The van der Waals surface area contributed by atoms with Crippen molar-refractivity contribution in [3.8, 4) is 0 Å². The molecule has 1 N–H and O–H groups in total. The Bertz CT molecular complexity index is 470. The van der Waals surface area contributed by atoms with E-state index in [0.717, 1.165) is 21.1 Å². The molecule has 0 aromatic heterocycles. The van der Waals surface area contributed by atoms with Crippen LogP contribution in [0.5, 0.6) is 0 Å². The van der Waals surface area contributed by atoms with Crippen LogP contribution in [0.25, 0.3) is 0 Å². The van der Waals surface area contributed by atoms with E-state index in [4.69, 9.17) is 0 Å². The van der Waals surface area contributed by atoms with Crippen LogP contribution in [0.15, 0.2) is 18.2 Å². The molecule has 1 aromatic carbocycles. The second-order valence-electron chi connectivity index (χ2n) is 6.72. The van der Waals surface area contributed by atoms with E-state index in [2.05, 4.69) is 27.9 Å². The van der Waals surface area contributed by atoms with Gasteiger partial charge in [-0.25, -0.2) is 4.39 Å². The molecule has 2 saturated carbocycles. The summed E-state index contributed by atoms with van der Waals surface area (Å²) in [5, 5.41) is 3.75. The molecule has 1 nitrogen and oxygen atoms in total. The number of nitrogens with one attached hydrogen (secondary N) is 1. The predicted octanol–water partition coefficient (Wildman–Crippen LogP) is 5.98. The van der Waals surface area contributed by atoms with Crippen LogP contribution in [0.4, 0.5) is 10.1 Å². The van der Waals surface area contributed by atoms with E-state index < -0.39 is 0 Å². The van der Waals surface area contributed by atoms with Gasteiger partial charge in [-0.2, -0.15) is 0 Å². The molecule has 0 saturated heterocycles. The van der Waals surface area contributed by atoms with Crippen molar-refractivity contribution in [2.75, 3.05) is 5.32 Å². The Kier molecular flexibility index (Phi) is 5.41. The lowest BCUT2D eigenvalue weighted by atomic mass is 9.71. The Labute approximate surface area is 141 Å². The minimum absolute atomic E-state index is 0.141. The number of halogens is 2. The normalized spacial score (nSPS) is 27.5. The lowest BCUT2D eigenvalue weighted by molar-refractivity contribution is 0.180. The van der Waals surface area contributed by atoms with E-state index in [1.807, 2.05) is 6.07 Å². The third kappa shape index (κ3) is 3.91. The minimum Gasteiger partial charge on any atom is -0.381 e. The van der Waals surface area contributed by atoms with Crippen molar-refractivity contribution >= 4 is 28.3 Å². The van der Waals surface area contributed by atoms with Crippen molar-refractivity contribution in [3.05, 3.63) is 27.6 Å². The molecule has 21 heavy (non-hydrogen) atoms. The Balaban J connectivity index is 1.71. The maximum atomic E-state index is 13.3. The van der Waals surface area contributed by atoms with Crippen LogP contribution in [0.1, 0.15) is 57.8 Å². The summed E-state index contributed by atoms with van der Waals surface area (Å²) < 4.78 is 14.3. The summed E-state index contributed by atoms with van der Waals surface area (Å²) in [7, 11) is 0. The van der Waals surface area contributed by atoms with Crippen LogP contribution in [0.2, 0.25) is 0 Å². The summed E-state index contributed by atoms with van der Waals surface area (Å²) in [5.41, 5.74) is 1.12. The van der Waals surface area contributed by atoms with Gasteiger partial charge < -0.3 is 5.32 Å². The SMILES string of the molecule is Fc1ccc(NC2CCCCC2C2CCCCC2)c(I)c1. The smallest absolute Gasteiger partial charge is 0.124 e. The summed E-state index contributed by atoms with van der Waals surface area (Å²) in [6.07, 6.45) is 12.5. The zero-order valence-corrected chi connectivity index (χ0v) is 14.7. The highest BCUT2D eigenvalue weighted by atomic mass is 127. The third-order valence-corrected chi connectivity index (χ3v) is 6.24. The minimum atomic E-state index is -0.141. The maximum absolute atomic E-state index is 13.3. The number of benzene rings is 1. The highest BCUT2D eigenvalue weighted by Crippen LogP contribution is 2.39. The number of hydrogen-bond donors (Lipinski definition) is 1. The second-order valence-corrected chi connectivity index (χ2v) is 7.88. The first-order valence-electron chi connectivity index (χ1n) is 8.45. The van der Waals surface area contributed by atoms with Gasteiger partial charge in [0.2, 0.25) is 0 Å². The van der Waals surface area contributed by atoms with Gasteiger partial charge in [-0.15, -0.1) is 0 Å². The van der Waals surface area contributed by atoms with Crippen LogP contribution in [0.3, 0.4) is 0 Å². The van der Waals surface area contributed by atoms with Crippen LogP contribution >= 0.6 is 22.6 Å².